The topological polar surface area (TPSA) is 61.4 Å². The largest absolute Gasteiger partial charge is 0.374 e. The van der Waals surface area contributed by atoms with Crippen LogP contribution in [-0.2, 0) is 16.0 Å². The maximum absolute atomic E-state index is 13.9. The lowest BCUT2D eigenvalue weighted by Gasteiger charge is -2.20. The van der Waals surface area contributed by atoms with E-state index in [1.807, 2.05) is 18.2 Å². The summed E-state index contributed by atoms with van der Waals surface area (Å²) in [6, 6.07) is 11.6. The minimum Gasteiger partial charge on any atom is -0.374 e. The number of fused-ring (bicyclic) bond motifs is 1. The van der Waals surface area contributed by atoms with Crippen LogP contribution in [0.15, 0.2) is 42.5 Å². The van der Waals surface area contributed by atoms with Crippen LogP contribution in [0.1, 0.15) is 18.4 Å². The fourth-order valence-electron chi connectivity index (χ4n) is 3.40. The van der Waals surface area contributed by atoms with E-state index in [0.29, 0.717) is 31.5 Å². The van der Waals surface area contributed by atoms with Crippen molar-refractivity contribution < 1.29 is 14.0 Å². The molecule has 2 aliphatic rings. The molecule has 0 spiro atoms. The third kappa shape index (κ3) is 2.95. The van der Waals surface area contributed by atoms with E-state index in [2.05, 4.69) is 10.6 Å². The third-order valence-corrected chi connectivity index (χ3v) is 4.69. The Morgan fingerprint density at radius 1 is 1.12 bits per heavy atom. The van der Waals surface area contributed by atoms with Crippen molar-refractivity contribution in [3.63, 3.8) is 0 Å². The van der Waals surface area contributed by atoms with Crippen LogP contribution >= 0.6 is 0 Å². The van der Waals surface area contributed by atoms with E-state index in [4.69, 9.17) is 0 Å². The Labute approximate surface area is 144 Å². The van der Waals surface area contributed by atoms with Crippen molar-refractivity contribution in [3.05, 3.63) is 53.8 Å². The Hall–Kier alpha value is -2.89. The third-order valence-electron chi connectivity index (χ3n) is 4.69. The number of carbonyl (C=O) groups is 2. The van der Waals surface area contributed by atoms with Crippen molar-refractivity contribution in [2.24, 2.45) is 0 Å². The van der Waals surface area contributed by atoms with E-state index >= 15 is 0 Å². The number of rotatable bonds is 3. The molecule has 1 unspecified atom stereocenters. The molecule has 2 aromatic carbocycles. The maximum Gasteiger partial charge on any atom is 0.249 e. The lowest BCUT2D eigenvalue weighted by molar-refractivity contribution is -0.118. The summed E-state index contributed by atoms with van der Waals surface area (Å²) in [6.45, 7) is 0.485. The molecular weight excluding hydrogens is 321 g/mol. The van der Waals surface area contributed by atoms with Crippen LogP contribution in [0.25, 0.3) is 0 Å². The number of hydrogen-bond acceptors (Lipinski definition) is 3. The van der Waals surface area contributed by atoms with Gasteiger partial charge in [-0.3, -0.25) is 9.59 Å². The zero-order valence-electron chi connectivity index (χ0n) is 13.6. The molecule has 5 nitrogen and oxygen atoms in total. The highest BCUT2D eigenvalue weighted by molar-refractivity contribution is 6.01. The summed E-state index contributed by atoms with van der Waals surface area (Å²) in [5, 5.41) is 6.09. The Morgan fingerprint density at radius 3 is 2.80 bits per heavy atom. The van der Waals surface area contributed by atoms with Gasteiger partial charge in [-0.05, 0) is 48.7 Å². The van der Waals surface area contributed by atoms with Crippen LogP contribution in [0.3, 0.4) is 0 Å². The fourth-order valence-corrected chi connectivity index (χ4v) is 3.40. The molecule has 0 saturated carbocycles. The summed E-state index contributed by atoms with van der Waals surface area (Å²) in [7, 11) is 0. The van der Waals surface area contributed by atoms with Crippen LogP contribution in [0.2, 0.25) is 0 Å². The van der Waals surface area contributed by atoms with Gasteiger partial charge in [0, 0.05) is 24.3 Å². The average molecular weight is 339 g/mol. The highest BCUT2D eigenvalue weighted by atomic mass is 19.1. The monoisotopic (exact) mass is 339 g/mol. The van der Waals surface area contributed by atoms with E-state index in [9.17, 15) is 14.0 Å². The van der Waals surface area contributed by atoms with E-state index in [0.717, 1.165) is 16.9 Å². The van der Waals surface area contributed by atoms with E-state index in [-0.39, 0.29) is 23.7 Å². The number of carbonyl (C=O) groups excluding carboxylic acids is 2. The standard InChI is InChI=1S/C19H18FN3O2/c20-14-3-1-2-4-17(14)23-10-9-16(19(23)25)21-13-6-7-15-12(11-13)5-8-18(24)22-15/h1-4,6-7,11,16,21H,5,8-10H2,(H,22,24). The van der Waals surface area contributed by atoms with Gasteiger partial charge in [0.15, 0.2) is 0 Å². The van der Waals surface area contributed by atoms with Crippen LogP contribution < -0.4 is 15.5 Å². The first-order chi connectivity index (χ1) is 12.1. The highest BCUT2D eigenvalue weighted by Gasteiger charge is 2.33. The van der Waals surface area contributed by atoms with Gasteiger partial charge in [-0.1, -0.05) is 12.1 Å². The van der Waals surface area contributed by atoms with E-state index < -0.39 is 0 Å². The summed E-state index contributed by atoms with van der Waals surface area (Å²) in [4.78, 5) is 25.5. The van der Waals surface area contributed by atoms with Gasteiger partial charge in [-0.25, -0.2) is 4.39 Å². The summed E-state index contributed by atoms with van der Waals surface area (Å²) >= 11 is 0. The minimum absolute atomic E-state index is 0.0275. The predicted molar refractivity (Wildman–Crippen MR) is 94.2 cm³/mol. The second-order valence-electron chi connectivity index (χ2n) is 6.35. The van der Waals surface area contributed by atoms with Crippen molar-refractivity contribution in [1.29, 1.82) is 0 Å². The summed E-state index contributed by atoms with van der Waals surface area (Å²) in [6.07, 6.45) is 1.78. The molecule has 1 atom stereocenters. The van der Waals surface area contributed by atoms with Crippen LogP contribution in [-0.4, -0.2) is 24.4 Å². The molecule has 0 aromatic heterocycles. The molecule has 0 radical (unpaired) electrons. The zero-order chi connectivity index (χ0) is 17.4. The van der Waals surface area contributed by atoms with Gasteiger partial charge in [-0.15, -0.1) is 0 Å². The van der Waals surface area contributed by atoms with Crippen molar-refractivity contribution >= 4 is 28.9 Å². The quantitative estimate of drug-likeness (QED) is 0.904. The summed E-state index contributed by atoms with van der Waals surface area (Å²) in [5.41, 5.74) is 3.04. The first kappa shape index (κ1) is 15.6. The zero-order valence-corrected chi connectivity index (χ0v) is 13.6. The van der Waals surface area contributed by atoms with Crippen molar-refractivity contribution in [2.45, 2.75) is 25.3 Å². The number of para-hydroxylation sites is 1. The molecule has 0 aliphatic carbocycles. The molecule has 2 aromatic rings. The van der Waals surface area contributed by atoms with Crippen molar-refractivity contribution in [1.82, 2.24) is 0 Å². The Kier molecular flexibility index (Phi) is 3.87. The number of halogens is 1. The minimum atomic E-state index is -0.388. The van der Waals surface area contributed by atoms with Crippen LogP contribution in [0.5, 0.6) is 0 Å². The Balaban J connectivity index is 1.50. The normalized spacial score (nSPS) is 19.6. The first-order valence-corrected chi connectivity index (χ1v) is 8.37. The van der Waals surface area contributed by atoms with Gasteiger partial charge in [0.2, 0.25) is 11.8 Å². The van der Waals surface area contributed by atoms with Gasteiger partial charge >= 0.3 is 0 Å². The molecule has 4 rings (SSSR count). The first-order valence-electron chi connectivity index (χ1n) is 8.37. The molecule has 2 amide bonds. The van der Waals surface area contributed by atoms with Crippen molar-refractivity contribution in [3.8, 4) is 0 Å². The molecule has 2 heterocycles. The summed E-state index contributed by atoms with van der Waals surface area (Å²) < 4.78 is 13.9. The molecule has 2 N–H and O–H groups in total. The van der Waals surface area contributed by atoms with Gasteiger partial charge in [0.25, 0.3) is 0 Å². The fraction of sp³-hybridized carbons (Fsp3) is 0.263. The lowest BCUT2D eigenvalue weighted by Crippen LogP contribution is -2.34. The van der Waals surface area contributed by atoms with Gasteiger partial charge in [-0.2, -0.15) is 0 Å². The average Bonchev–Trinajstić information content (AvgIpc) is 2.96. The second-order valence-corrected chi connectivity index (χ2v) is 6.35. The Bertz CT molecular complexity index is 852. The number of benzene rings is 2. The number of hydrogen-bond donors (Lipinski definition) is 2. The molecule has 1 saturated heterocycles. The van der Waals surface area contributed by atoms with Crippen LogP contribution in [0, 0.1) is 5.82 Å². The molecule has 1 fully saturated rings. The van der Waals surface area contributed by atoms with Crippen LogP contribution in [0.4, 0.5) is 21.5 Å². The van der Waals surface area contributed by atoms with E-state index in [1.54, 1.807) is 18.2 Å². The van der Waals surface area contributed by atoms with E-state index in [1.165, 1.54) is 11.0 Å². The smallest absolute Gasteiger partial charge is 0.249 e. The lowest BCUT2D eigenvalue weighted by atomic mass is 10.0. The number of anilines is 3. The molecular formula is C19H18FN3O2. The SMILES string of the molecule is O=C1CCc2cc(NC3CCN(c4ccccc4F)C3=O)ccc2N1. The van der Waals surface area contributed by atoms with Gasteiger partial charge in [0.05, 0.1) is 5.69 Å². The molecule has 2 aliphatic heterocycles. The second kappa shape index (κ2) is 6.20. The Morgan fingerprint density at radius 2 is 1.96 bits per heavy atom. The number of nitrogens with zero attached hydrogens (tertiary/aromatic N) is 1. The summed E-state index contributed by atoms with van der Waals surface area (Å²) in [5.74, 6) is -0.489. The molecule has 25 heavy (non-hydrogen) atoms. The number of aryl methyl sites for hydroxylation is 1. The molecule has 0 bridgehead atoms. The predicted octanol–water partition coefficient (Wildman–Crippen LogP) is 2.93. The molecule has 6 heteroatoms. The highest BCUT2D eigenvalue weighted by Crippen LogP contribution is 2.29. The molecule has 128 valence electrons. The van der Waals surface area contributed by atoms with Gasteiger partial charge < -0.3 is 15.5 Å². The number of nitrogens with one attached hydrogen (secondary N) is 2. The van der Waals surface area contributed by atoms with Gasteiger partial charge in [0.1, 0.15) is 11.9 Å². The maximum atomic E-state index is 13.9. The van der Waals surface area contributed by atoms with Crippen molar-refractivity contribution in [2.75, 3.05) is 22.1 Å². The number of amides is 2.